The monoisotopic (exact) mass is 238 g/mol. The molecule has 0 bridgehead atoms. The van der Waals surface area contributed by atoms with Crippen molar-refractivity contribution in [3.63, 3.8) is 0 Å². The molecule has 88 valence electrons. The van der Waals surface area contributed by atoms with Gasteiger partial charge in [0.2, 0.25) is 0 Å². The van der Waals surface area contributed by atoms with Crippen LogP contribution < -0.4 is 10.7 Å². The Morgan fingerprint density at radius 1 is 1.56 bits per heavy atom. The first-order valence-corrected chi connectivity index (χ1v) is 5.67. The van der Waals surface area contributed by atoms with E-state index in [-0.39, 0.29) is 0 Å². The van der Waals surface area contributed by atoms with Crippen molar-refractivity contribution in [3.05, 3.63) is 23.0 Å². The molecule has 1 aromatic rings. The van der Waals surface area contributed by atoms with Crippen LogP contribution in [0, 0.1) is 13.8 Å². The first-order chi connectivity index (χ1) is 7.56. The molecule has 0 unspecified atom stereocenters. The van der Waals surface area contributed by atoms with Crippen LogP contribution in [0.25, 0.3) is 0 Å². The summed E-state index contributed by atoms with van der Waals surface area (Å²) in [6.07, 6.45) is 1.78. The van der Waals surface area contributed by atoms with E-state index in [9.17, 15) is 0 Å². The second kappa shape index (κ2) is 5.65. The Kier molecular flexibility index (Phi) is 4.49. The smallest absolute Gasteiger partial charge is 0.186 e. The van der Waals surface area contributed by atoms with E-state index in [1.807, 2.05) is 14.0 Å². The fraction of sp³-hybridized carbons (Fsp3) is 0.455. The van der Waals surface area contributed by atoms with Gasteiger partial charge in [-0.3, -0.25) is 5.43 Å². The molecule has 0 aliphatic rings. The highest BCUT2D eigenvalue weighted by Gasteiger charge is 2.02. The first-order valence-electron chi connectivity index (χ1n) is 5.26. The lowest BCUT2D eigenvalue weighted by molar-refractivity contribution is 0.843. The largest absolute Gasteiger partial charge is 0.362 e. The molecule has 0 fully saturated rings. The van der Waals surface area contributed by atoms with Crippen molar-refractivity contribution in [1.29, 1.82) is 0 Å². The normalized spacial score (nSPS) is 10.8. The second-order valence-corrected chi connectivity index (χ2v) is 4.02. The summed E-state index contributed by atoms with van der Waals surface area (Å²) in [5.74, 6) is 0. The number of aromatic nitrogens is 1. The summed E-state index contributed by atoms with van der Waals surface area (Å²) in [5, 5.41) is 7.59. The summed E-state index contributed by atoms with van der Waals surface area (Å²) < 4.78 is 2.13. The Bertz CT molecular complexity index is 406. The van der Waals surface area contributed by atoms with E-state index in [0.29, 0.717) is 5.11 Å². The van der Waals surface area contributed by atoms with E-state index >= 15 is 0 Å². The third-order valence-corrected chi connectivity index (χ3v) is 2.76. The fourth-order valence-corrected chi connectivity index (χ4v) is 1.57. The zero-order valence-electron chi connectivity index (χ0n) is 10.2. The molecule has 0 saturated carbocycles. The van der Waals surface area contributed by atoms with Gasteiger partial charge in [-0.1, -0.05) is 0 Å². The Morgan fingerprint density at radius 2 is 2.25 bits per heavy atom. The Labute approximate surface area is 102 Å². The maximum absolute atomic E-state index is 4.99. The molecule has 1 rings (SSSR count). The van der Waals surface area contributed by atoms with Crippen LogP contribution in [0.2, 0.25) is 0 Å². The molecule has 1 aromatic heterocycles. The van der Waals surface area contributed by atoms with E-state index in [1.54, 1.807) is 6.21 Å². The number of rotatable bonds is 3. The van der Waals surface area contributed by atoms with Crippen LogP contribution in [-0.4, -0.2) is 22.4 Å². The lowest BCUT2D eigenvalue weighted by Crippen LogP contribution is -2.31. The maximum Gasteiger partial charge on any atom is 0.186 e. The van der Waals surface area contributed by atoms with Crippen LogP contribution in [0.4, 0.5) is 0 Å². The Hall–Kier alpha value is -1.36. The molecule has 0 saturated heterocycles. The third kappa shape index (κ3) is 3.06. The van der Waals surface area contributed by atoms with Crippen molar-refractivity contribution in [2.24, 2.45) is 12.1 Å². The van der Waals surface area contributed by atoms with Gasteiger partial charge in [-0.25, -0.2) is 0 Å². The molecule has 4 nitrogen and oxygen atoms in total. The predicted octanol–water partition coefficient (Wildman–Crippen LogP) is 1.46. The van der Waals surface area contributed by atoms with Gasteiger partial charge in [0.1, 0.15) is 0 Å². The number of hydrogen-bond donors (Lipinski definition) is 2. The number of thiocarbonyl (C=S) groups is 1. The molecule has 0 radical (unpaired) electrons. The van der Waals surface area contributed by atoms with Gasteiger partial charge in [-0.05, 0) is 39.1 Å². The third-order valence-electron chi connectivity index (χ3n) is 2.52. The number of aryl methyl sites for hydroxylation is 1. The van der Waals surface area contributed by atoms with Crippen molar-refractivity contribution < 1.29 is 0 Å². The summed E-state index contributed by atoms with van der Waals surface area (Å²) >= 11 is 4.99. The van der Waals surface area contributed by atoms with Crippen LogP contribution in [0.5, 0.6) is 0 Å². The first kappa shape index (κ1) is 12.7. The zero-order chi connectivity index (χ0) is 12.1. The number of hydrazone groups is 1. The molecule has 16 heavy (non-hydrogen) atoms. The van der Waals surface area contributed by atoms with Crippen LogP contribution in [0.1, 0.15) is 23.9 Å². The average molecular weight is 238 g/mol. The van der Waals surface area contributed by atoms with E-state index in [4.69, 9.17) is 12.2 Å². The summed E-state index contributed by atoms with van der Waals surface area (Å²) in [5.41, 5.74) is 6.28. The lowest BCUT2D eigenvalue weighted by Gasteiger charge is -2.02. The highest BCUT2D eigenvalue weighted by molar-refractivity contribution is 7.80. The van der Waals surface area contributed by atoms with Crippen LogP contribution >= 0.6 is 12.2 Å². The quantitative estimate of drug-likeness (QED) is 0.476. The Balaban J connectivity index is 2.63. The Morgan fingerprint density at radius 3 is 2.75 bits per heavy atom. The summed E-state index contributed by atoms with van der Waals surface area (Å²) in [4.78, 5) is 0. The lowest BCUT2D eigenvalue weighted by atomic mass is 10.3. The highest BCUT2D eigenvalue weighted by atomic mass is 32.1. The number of nitrogens with one attached hydrogen (secondary N) is 2. The van der Waals surface area contributed by atoms with Gasteiger partial charge in [-0.15, -0.1) is 0 Å². The van der Waals surface area contributed by atoms with Crippen molar-refractivity contribution in [2.75, 3.05) is 6.54 Å². The number of hydrogen-bond acceptors (Lipinski definition) is 2. The SMILES string of the molecule is CCNC(=S)N/N=C\c1cc(C)n(C)c1C. The molecule has 0 aliphatic heterocycles. The van der Waals surface area contributed by atoms with Gasteiger partial charge < -0.3 is 9.88 Å². The van der Waals surface area contributed by atoms with E-state index < -0.39 is 0 Å². The molecule has 0 atom stereocenters. The molecule has 2 N–H and O–H groups in total. The van der Waals surface area contributed by atoms with Gasteiger partial charge in [0.05, 0.1) is 6.21 Å². The molecule has 1 heterocycles. The zero-order valence-corrected chi connectivity index (χ0v) is 11.0. The average Bonchev–Trinajstić information content (AvgIpc) is 2.47. The minimum absolute atomic E-state index is 0.545. The van der Waals surface area contributed by atoms with Gasteiger partial charge in [0.15, 0.2) is 5.11 Å². The topological polar surface area (TPSA) is 41.4 Å². The molecule has 0 aromatic carbocycles. The maximum atomic E-state index is 4.99. The van der Waals surface area contributed by atoms with Crippen molar-refractivity contribution in [2.45, 2.75) is 20.8 Å². The highest BCUT2D eigenvalue weighted by Crippen LogP contribution is 2.10. The standard InChI is InChI=1S/C11H18N4S/c1-5-12-11(16)14-13-7-10-6-8(2)15(4)9(10)3/h6-7H,5H2,1-4H3,(H2,12,14,16)/b13-7-. The minimum atomic E-state index is 0.545. The van der Waals surface area contributed by atoms with Crippen LogP contribution in [0.3, 0.4) is 0 Å². The molecular formula is C11H18N4S. The molecule has 0 spiro atoms. The second-order valence-electron chi connectivity index (χ2n) is 3.61. The minimum Gasteiger partial charge on any atom is -0.362 e. The van der Waals surface area contributed by atoms with E-state index in [2.05, 4.69) is 40.3 Å². The molecular weight excluding hydrogens is 220 g/mol. The van der Waals surface area contributed by atoms with Gasteiger partial charge >= 0.3 is 0 Å². The predicted molar refractivity (Wildman–Crippen MR) is 71.9 cm³/mol. The molecule has 5 heteroatoms. The number of nitrogens with zero attached hydrogens (tertiary/aromatic N) is 2. The van der Waals surface area contributed by atoms with Crippen LogP contribution in [0.15, 0.2) is 11.2 Å². The van der Waals surface area contributed by atoms with E-state index in [1.165, 1.54) is 11.4 Å². The summed E-state index contributed by atoms with van der Waals surface area (Å²) in [6.45, 7) is 6.92. The fourth-order valence-electron chi connectivity index (χ4n) is 1.38. The van der Waals surface area contributed by atoms with E-state index in [0.717, 1.165) is 12.1 Å². The summed E-state index contributed by atoms with van der Waals surface area (Å²) in [7, 11) is 2.04. The molecule has 0 amide bonds. The van der Waals surface area contributed by atoms with Crippen molar-refractivity contribution in [3.8, 4) is 0 Å². The van der Waals surface area contributed by atoms with Gasteiger partial charge in [0.25, 0.3) is 0 Å². The molecule has 0 aliphatic carbocycles. The van der Waals surface area contributed by atoms with Crippen molar-refractivity contribution >= 4 is 23.5 Å². The van der Waals surface area contributed by atoms with Gasteiger partial charge in [-0.2, -0.15) is 5.10 Å². The van der Waals surface area contributed by atoms with Gasteiger partial charge in [0, 0.05) is 30.5 Å². The van der Waals surface area contributed by atoms with Crippen LogP contribution in [-0.2, 0) is 7.05 Å². The van der Waals surface area contributed by atoms with Crippen molar-refractivity contribution in [1.82, 2.24) is 15.3 Å². The summed E-state index contributed by atoms with van der Waals surface area (Å²) in [6, 6.07) is 2.09.